The van der Waals surface area contributed by atoms with Gasteiger partial charge in [-0.25, -0.2) is 0 Å². The Balaban J connectivity index is 2.31. The van der Waals surface area contributed by atoms with Gasteiger partial charge in [0.15, 0.2) is 17.5 Å². The van der Waals surface area contributed by atoms with Gasteiger partial charge in [0.05, 0.1) is 5.92 Å². The molecule has 0 aromatic heterocycles. The number of fused-ring (bicyclic) bond motifs is 2. The topological polar surface area (TPSA) is 136 Å². The molecule has 2 aliphatic carbocycles. The van der Waals surface area contributed by atoms with Crippen LogP contribution in [0.5, 0.6) is 0 Å². The molecule has 0 spiro atoms. The zero-order chi connectivity index (χ0) is 26.3. The lowest BCUT2D eigenvalue weighted by molar-refractivity contribution is -0.224. The molecule has 0 aromatic rings. The molecule has 3 rings (SSSR count). The lowest BCUT2D eigenvalue weighted by Crippen LogP contribution is -2.68. The first-order chi connectivity index (χ1) is 16.2. The molecule has 9 heteroatoms. The molecule has 9 nitrogen and oxygen atoms in total. The van der Waals surface area contributed by atoms with Gasteiger partial charge in [-0.3, -0.25) is 19.2 Å². The van der Waals surface area contributed by atoms with Crippen molar-refractivity contribution in [2.75, 3.05) is 0 Å². The van der Waals surface area contributed by atoms with Gasteiger partial charge in [0.1, 0.15) is 17.8 Å². The lowest BCUT2D eigenvalue weighted by atomic mass is 9.55. The van der Waals surface area contributed by atoms with Gasteiger partial charge in [-0.05, 0) is 52.2 Å². The third kappa shape index (κ3) is 4.56. The Morgan fingerprint density at radius 1 is 1.20 bits per heavy atom. The molecule has 1 fully saturated rings. The third-order valence-electron chi connectivity index (χ3n) is 7.82. The Labute approximate surface area is 205 Å². The fourth-order valence-electron chi connectivity index (χ4n) is 5.77. The number of carbonyl (C=O) groups is 4. The third-order valence-corrected chi connectivity index (χ3v) is 7.82. The molecule has 3 aliphatic rings. The van der Waals surface area contributed by atoms with Gasteiger partial charge in [0.25, 0.3) is 0 Å². The van der Waals surface area contributed by atoms with Gasteiger partial charge in [0.2, 0.25) is 0 Å². The monoisotopic (exact) mass is 492 g/mol. The van der Waals surface area contributed by atoms with Crippen LogP contribution >= 0.6 is 0 Å². The first-order valence-corrected chi connectivity index (χ1v) is 12.1. The molecule has 1 aliphatic heterocycles. The van der Waals surface area contributed by atoms with E-state index < -0.39 is 70.5 Å². The highest BCUT2D eigenvalue weighted by Gasteiger charge is 2.69. The molecule has 1 heterocycles. The number of hydrogen-bond acceptors (Lipinski definition) is 9. The van der Waals surface area contributed by atoms with E-state index in [0.29, 0.717) is 19.3 Å². The number of esters is 3. The Morgan fingerprint density at radius 2 is 1.86 bits per heavy atom. The smallest absolute Gasteiger partial charge is 0.312 e. The second-order valence-electron chi connectivity index (χ2n) is 10.5. The van der Waals surface area contributed by atoms with E-state index in [1.54, 1.807) is 26.0 Å². The van der Waals surface area contributed by atoms with E-state index >= 15 is 0 Å². The second-order valence-corrected chi connectivity index (χ2v) is 10.5. The quantitative estimate of drug-likeness (QED) is 0.344. The Morgan fingerprint density at radius 3 is 2.46 bits per heavy atom. The summed E-state index contributed by atoms with van der Waals surface area (Å²) in [6.07, 6.45) is 2.38. The molecule has 0 radical (unpaired) electrons. The van der Waals surface area contributed by atoms with Crippen molar-refractivity contribution < 1.29 is 43.6 Å². The Kier molecular flexibility index (Phi) is 7.35. The molecule has 0 aromatic carbocycles. The minimum absolute atomic E-state index is 0.184. The molecule has 0 amide bonds. The van der Waals surface area contributed by atoms with Crippen molar-refractivity contribution in [3.05, 3.63) is 23.8 Å². The van der Waals surface area contributed by atoms with Crippen LogP contribution in [0.2, 0.25) is 0 Å². The molecule has 0 bridgehead atoms. The summed E-state index contributed by atoms with van der Waals surface area (Å²) >= 11 is 0. The maximum Gasteiger partial charge on any atom is 0.312 e. The van der Waals surface area contributed by atoms with Crippen molar-refractivity contribution in [2.24, 2.45) is 17.3 Å². The molecule has 2 N–H and O–H groups in total. The molecule has 8 atom stereocenters. The number of aliphatic hydroxyl groups is 2. The van der Waals surface area contributed by atoms with Crippen molar-refractivity contribution in [3.8, 4) is 0 Å². The summed E-state index contributed by atoms with van der Waals surface area (Å²) in [4.78, 5) is 50.5. The summed E-state index contributed by atoms with van der Waals surface area (Å²) in [5.41, 5.74) is -4.69. The van der Waals surface area contributed by atoms with Crippen molar-refractivity contribution in [2.45, 2.75) is 96.7 Å². The van der Waals surface area contributed by atoms with Crippen molar-refractivity contribution >= 4 is 23.7 Å². The zero-order valence-corrected chi connectivity index (χ0v) is 21.2. The number of rotatable bonds is 4. The lowest BCUT2D eigenvalue weighted by Gasteiger charge is -2.54. The largest absolute Gasteiger partial charge is 0.461 e. The molecule has 35 heavy (non-hydrogen) atoms. The van der Waals surface area contributed by atoms with Crippen LogP contribution in [0.25, 0.3) is 0 Å². The summed E-state index contributed by atoms with van der Waals surface area (Å²) in [6, 6.07) is 0. The second kappa shape index (κ2) is 9.50. The highest BCUT2D eigenvalue weighted by atomic mass is 16.6. The normalized spacial score (nSPS) is 42.7. The first-order valence-electron chi connectivity index (χ1n) is 12.1. The minimum Gasteiger partial charge on any atom is -0.461 e. The number of allylic oxidation sites excluding steroid dienone is 1. The van der Waals surface area contributed by atoms with E-state index in [9.17, 15) is 29.4 Å². The molecule has 0 saturated carbocycles. The van der Waals surface area contributed by atoms with Crippen LogP contribution in [-0.2, 0) is 33.4 Å². The van der Waals surface area contributed by atoms with Gasteiger partial charge in [-0.2, -0.15) is 0 Å². The number of ketones is 1. The van der Waals surface area contributed by atoms with Gasteiger partial charge in [0, 0.05) is 24.7 Å². The van der Waals surface area contributed by atoms with Crippen molar-refractivity contribution in [1.82, 2.24) is 0 Å². The Hall–Kier alpha value is -2.52. The van der Waals surface area contributed by atoms with Crippen LogP contribution in [0.4, 0.5) is 0 Å². The highest BCUT2D eigenvalue weighted by Crippen LogP contribution is 2.54. The van der Waals surface area contributed by atoms with Gasteiger partial charge in [-0.15, -0.1) is 0 Å². The van der Waals surface area contributed by atoms with Crippen molar-refractivity contribution in [3.63, 3.8) is 0 Å². The van der Waals surface area contributed by atoms with Crippen molar-refractivity contribution in [1.29, 1.82) is 0 Å². The fourth-order valence-corrected chi connectivity index (χ4v) is 5.77. The van der Waals surface area contributed by atoms with Gasteiger partial charge >= 0.3 is 17.9 Å². The zero-order valence-electron chi connectivity index (χ0n) is 21.2. The van der Waals surface area contributed by atoms with Crippen LogP contribution in [0.15, 0.2) is 23.8 Å². The van der Waals surface area contributed by atoms with E-state index in [-0.39, 0.29) is 6.42 Å². The average Bonchev–Trinajstić information content (AvgIpc) is 2.97. The molecule has 1 unspecified atom stereocenters. The maximum absolute atomic E-state index is 12.9. The summed E-state index contributed by atoms with van der Waals surface area (Å²) in [7, 11) is 0. The van der Waals surface area contributed by atoms with Gasteiger partial charge in [-0.1, -0.05) is 25.5 Å². The molecule has 1 saturated heterocycles. The van der Waals surface area contributed by atoms with Crippen LogP contribution in [0.3, 0.4) is 0 Å². The van der Waals surface area contributed by atoms with E-state index in [0.717, 1.165) is 12.5 Å². The van der Waals surface area contributed by atoms with Crippen LogP contribution in [0, 0.1) is 17.3 Å². The standard InChI is InChI=1S/C26H36O9/c1-7-8-20(29)34-18-10-9-14(2)13-19-26(32,15(3)23(30)35-19)22(33-16(4)27)21-24(18,5)12-11-17(28)25(21,6)31/h11-13,15,18-19,21-22,31-32H,7-10H2,1-6H3/b14-13-/t15-,18+,19-,21+,22?,24+,25+,26-/m0/s1. The van der Waals surface area contributed by atoms with Crippen LogP contribution < -0.4 is 0 Å². The molecular formula is C26H36O9. The predicted molar refractivity (Wildman–Crippen MR) is 124 cm³/mol. The summed E-state index contributed by atoms with van der Waals surface area (Å²) < 4.78 is 17.1. The summed E-state index contributed by atoms with van der Waals surface area (Å²) in [5.74, 6) is -4.96. The first kappa shape index (κ1) is 27.1. The van der Waals surface area contributed by atoms with Crippen LogP contribution in [-0.4, -0.2) is 63.4 Å². The minimum atomic E-state index is -2.12. The SMILES string of the molecule is CCCC(=O)O[C@@H]1CC/C(C)=C\[C@@H]2OC(=O)[C@H](C)[C@@]2(O)C(OC(C)=O)[C@@H]2[C@]1(C)C=CC(=O)[C@@]2(C)O. The maximum atomic E-state index is 12.9. The number of hydrogen-bond donors (Lipinski definition) is 2. The molecule has 194 valence electrons. The van der Waals surface area contributed by atoms with E-state index in [1.165, 1.54) is 19.9 Å². The predicted octanol–water partition coefficient (Wildman–Crippen LogP) is 2.18. The number of carbonyl (C=O) groups excluding carboxylic acids is 4. The molecular weight excluding hydrogens is 456 g/mol. The average molecular weight is 493 g/mol. The summed E-state index contributed by atoms with van der Waals surface area (Å²) in [6.45, 7) is 9.25. The summed E-state index contributed by atoms with van der Waals surface area (Å²) in [5, 5.41) is 23.7. The van der Waals surface area contributed by atoms with E-state index in [4.69, 9.17) is 14.2 Å². The van der Waals surface area contributed by atoms with Gasteiger partial charge < -0.3 is 24.4 Å². The van der Waals surface area contributed by atoms with E-state index in [1.807, 2.05) is 6.92 Å². The highest BCUT2D eigenvalue weighted by molar-refractivity contribution is 5.98. The Bertz CT molecular complexity index is 964. The van der Waals surface area contributed by atoms with E-state index in [2.05, 4.69) is 0 Å². The fraction of sp³-hybridized carbons (Fsp3) is 0.692. The number of ether oxygens (including phenoxy) is 3. The van der Waals surface area contributed by atoms with Crippen LogP contribution in [0.1, 0.15) is 67.2 Å².